The van der Waals surface area contributed by atoms with Gasteiger partial charge in [0.05, 0.1) is 6.61 Å². The number of benzene rings is 1. The van der Waals surface area contributed by atoms with Crippen LogP contribution in [-0.4, -0.2) is 48.5 Å². The molecule has 0 radical (unpaired) electrons. The number of ether oxygens (including phenoxy) is 2. The molecule has 8 heteroatoms. The van der Waals surface area contributed by atoms with E-state index in [1.807, 2.05) is 13.2 Å². The van der Waals surface area contributed by atoms with Crippen LogP contribution in [0.3, 0.4) is 0 Å². The van der Waals surface area contributed by atoms with Gasteiger partial charge in [-0.05, 0) is 49.6 Å². The van der Waals surface area contributed by atoms with E-state index in [4.69, 9.17) is 14.6 Å². The second-order valence-corrected chi connectivity index (χ2v) is 5.50. The third-order valence-electron chi connectivity index (χ3n) is 2.82. The first kappa shape index (κ1) is 19.0. The summed E-state index contributed by atoms with van der Waals surface area (Å²) < 4.78 is 10.7. The summed E-state index contributed by atoms with van der Waals surface area (Å²) in [6.45, 7) is 2.43. The van der Waals surface area contributed by atoms with Crippen molar-refractivity contribution in [1.82, 2.24) is 10.6 Å². The number of urea groups is 1. The number of hydrogen-bond acceptors (Lipinski definition) is 5. The van der Waals surface area contributed by atoms with Gasteiger partial charge in [0.1, 0.15) is 17.5 Å². The van der Waals surface area contributed by atoms with Crippen molar-refractivity contribution in [2.75, 3.05) is 25.3 Å². The van der Waals surface area contributed by atoms with Crippen molar-refractivity contribution in [2.24, 2.45) is 0 Å². The molecule has 1 aromatic carbocycles. The molecule has 3 N–H and O–H groups in total. The van der Waals surface area contributed by atoms with E-state index in [-0.39, 0.29) is 6.73 Å². The van der Waals surface area contributed by atoms with E-state index < -0.39 is 18.0 Å². The van der Waals surface area contributed by atoms with E-state index in [2.05, 4.69) is 10.6 Å². The van der Waals surface area contributed by atoms with Crippen LogP contribution in [0, 0.1) is 0 Å². The number of aliphatic carboxylic acids is 1. The lowest BCUT2D eigenvalue weighted by Gasteiger charge is -2.15. The van der Waals surface area contributed by atoms with Crippen molar-refractivity contribution in [3.63, 3.8) is 0 Å². The highest BCUT2D eigenvalue weighted by atomic mass is 32.2. The Morgan fingerprint density at radius 3 is 2.35 bits per heavy atom. The molecular weight excluding hydrogens is 320 g/mol. The lowest BCUT2D eigenvalue weighted by Crippen LogP contribution is -2.47. The zero-order valence-electron chi connectivity index (χ0n) is 13.2. The number of carboxylic acid groups (broad SMARTS) is 1. The van der Waals surface area contributed by atoms with Gasteiger partial charge >= 0.3 is 12.0 Å². The molecule has 0 heterocycles. The molecule has 0 aromatic heterocycles. The number of hydrogen-bond donors (Lipinski definition) is 3. The molecule has 0 fully saturated rings. The van der Waals surface area contributed by atoms with E-state index in [1.54, 1.807) is 24.3 Å². The van der Waals surface area contributed by atoms with Crippen LogP contribution in [0.15, 0.2) is 24.3 Å². The van der Waals surface area contributed by atoms with Crippen LogP contribution in [0.5, 0.6) is 11.5 Å². The van der Waals surface area contributed by atoms with Crippen LogP contribution >= 0.6 is 11.8 Å². The highest BCUT2D eigenvalue weighted by Gasteiger charge is 2.18. The van der Waals surface area contributed by atoms with E-state index in [0.717, 1.165) is 5.75 Å². The molecule has 0 saturated carbocycles. The molecular formula is C15H22N2O5S. The molecule has 1 aromatic rings. The average molecular weight is 342 g/mol. The van der Waals surface area contributed by atoms with Gasteiger partial charge in [-0.2, -0.15) is 11.8 Å². The van der Waals surface area contributed by atoms with Crippen molar-refractivity contribution in [2.45, 2.75) is 19.4 Å². The highest BCUT2D eigenvalue weighted by Crippen LogP contribution is 2.17. The first-order valence-corrected chi connectivity index (χ1v) is 8.58. The topological polar surface area (TPSA) is 96.9 Å². The first-order chi connectivity index (χ1) is 11.1. The number of carboxylic acids is 1. The number of rotatable bonds is 10. The molecule has 2 amide bonds. The van der Waals surface area contributed by atoms with Gasteiger partial charge in [0, 0.05) is 0 Å². The number of amides is 2. The predicted octanol–water partition coefficient (Wildman–Crippen LogP) is 1.93. The van der Waals surface area contributed by atoms with Crippen LogP contribution in [0.25, 0.3) is 0 Å². The summed E-state index contributed by atoms with van der Waals surface area (Å²) in [4.78, 5) is 22.7. The third-order valence-corrected chi connectivity index (χ3v) is 3.46. The third kappa shape index (κ3) is 7.64. The van der Waals surface area contributed by atoms with Gasteiger partial charge in [0.15, 0.2) is 6.73 Å². The van der Waals surface area contributed by atoms with Gasteiger partial charge in [0.2, 0.25) is 0 Å². The second-order valence-electron chi connectivity index (χ2n) is 4.52. The summed E-state index contributed by atoms with van der Waals surface area (Å²) in [6, 6.07) is 5.49. The minimum absolute atomic E-state index is 0.0608. The van der Waals surface area contributed by atoms with E-state index in [9.17, 15) is 9.59 Å². The van der Waals surface area contributed by atoms with Gasteiger partial charge < -0.3 is 25.2 Å². The Bertz CT molecular complexity index is 495. The highest BCUT2D eigenvalue weighted by molar-refractivity contribution is 7.98. The largest absolute Gasteiger partial charge is 0.494 e. The van der Waals surface area contributed by atoms with Crippen LogP contribution < -0.4 is 20.1 Å². The van der Waals surface area contributed by atoms with Crippen molar-refractivity contribution < 1.29 is 24.2 Å². The summed E-state index contributed by atoms with van der Waals surface area (Å²) in [5, 5.41) is 13.9. The van der Waals surface area contributed by atoms with Gasteiger partial charge in [-0.15, -0.1) is 0 Å². The molecule has 23 heavy (non-hydrogen) atoms. The average Bonchev–Trinajstić information content (AvgIpc) is 2.53. The molecule has 1 rings (SSSR count). The minimum Gasteiger partial charge on any atom is -0.494 e. The summed E-state index contributed by atoms with van der Waals surface area (Å²) >= 11 is 1.52. The number of thioether (sulfide) groups is 1. The molecule has 0 aliphatic rings. The van der Waals surface area contributed by atoms with Crippen LogP contribution in [0.1, 0.15) is 13.3 Å². The van der Waals surface area contributed by atoms with Crippen LogP contribution in [-0.2, 0) is 4.79 Å². The first-order valence-electron chi connectivity index (χ1n) is 7.18. The Morgan fingerprint density at radius 2 is 1.83 bits per heavy atom. The van der Waals surface area contributed by atoms with Gasteiger partial charge in [-0.25, -0.2) is 9.59 Å². The maximum Gasteiger partial charge on any atom is 0.326 e. The maximum absolute atomic E-state index is 11.7. The molecule has 0 bridgehead atoms. The molecule has 128 valence electrons. The van der Waals surface area contributed by atoms with Crippen LogP contribution in [0.2, 0.25) is 0 Å². The zero-order valence-corrected chi connectivity index (χ0v) is 14.0. The standard InChI is InChI=1S/C15H22N2O5S/c1-3-21-11-4-6-12(7-5-11)22-10-16-15(20)17-13(14(18)19)8-9-23-2/h4-7,13H,3,8-10H2,1-2H3,(H,18,19)(H2,16,17,20). The smallest absolute Gasteiger partial charge is 0.326 e. The zero-order chi connectivity index (χ0) is 17.1. The fraction of sp³-hybridized carbons (Fsp3) is 0.467. The molecule has 0 saturated heterocycles. The van der Waals surface area contributed by atoms with Crippen molar-refractivity contribution >= 4 is 23.8 Å². The van der Waals surface area contributed by atoms with Gasteiger partial charge in [-0.1, -0.05) is 0 Å². The SMILES string of the molecule is CCOc1ccc(OCNC(=O)NC(CCSC)C(=O)O)cc1. The molecule has 0 aliphatic heterocycles. The summed E-state index contributed by atoms with van der Waals surface area (Å²) in [5.41, 5.74) is 0. The Hall–Kier alpha value is -2.09. The monoisotopic (exact) mass is 342 g/mol. The quantitative estimate of drug-likeness (QED) is 0.562. The fourth-order valence-electron chi connectivity index (χ4n) is 1.69. The molecule has 7 nitrogen and oxygen atoms in total. The normalized spacial score (nSPS) is 11.4. The molecule has 0 aliphatic carbocycles. The van der Waals surface area contributed by atoms with E-state index in [0.29, 0.717) is 24.5 Å². The van der Waals surface area contributed by atoms with E-state index >= 15 is 0 Å². The van der Waals surface area contributed by atoms with Crippen molar-refractivity contribution in [1.29, 1.82) is 0 Å². The summed E-state index contributed by atoms with van der Waals surface area (Å²) in [7, 11) is 0. The predicted molar refractivity (Wildman–Crippen MR) is 89.2 cm³/mol. The lowest BCUT2D eigenvalue weighted by molar-refractivity contribution is -0.139. The number of nitrogens with one attached hydrogen (secondary N) is 2. The summed E-state index contributed by atoms with van der Waals surface area (Å²) in [6.07, 6.45) is 2.24. The fourth-order valence-corrected chi connectivity index (χ4v) is 2.16. The summed E-state index contributed by atoms with van der Waals surface area (Å²) in [5.74, 6) is 0.913. The van der Waals surface area contributed by atoms with Gasteiger partial charge in [0.25, 0.3) is 0 Å². The molecule has 0 spiro atoms. The Labute approximate surface area is 139 Å². The van der Waals surface area contributed by atoms with Crippen molar-refractivity contribution in [3.8, 4) is 11.5 Å². The van der Waals surface area contributed by atoms with Crippen molar-refractivity contribution in [3.05, 3.63) is 24.3 Å². The Kier molecular flexibility index (Phi) is 8.74. The lowest BCUT2D eigenvalue weighted by atomic mass is 10.2. The van der Waals surface area contributed by atoms with E-state index in [1.165, 1.54) is 11.8 Å². The molecule has 1 unspecified atom stereocenters. The van der Waals surface area contributed by atoms with Gasteiger partial charge in [-0.3, -0.25) is 0 Å². The number of carbonyl (C=O) groups is 2. The Balaban J connectivity index is 2.33. The molecule has 1 atom stereocenters. The minimum atomic E-state index is -1.05. The second kappa shape index (κ2) is 10.6. The Morgan fingerprint density at radius 1 is 1.22 bits per heavy atom. The maximum atomic E-state index is 11.7. The van der Waals surface area contributed by atoms with Crippen LogP contribution in [0.4, 0.5) is 4.79 Å². The number of carbonyl (C=O) groups excluding carboxylic acids is 1.